The van der Waals surface area contributed by atoms with Gasteiger partial charge in [-0.25, -0.2) is 0 Å². The standard InChI is InChI=1S/C13H23NO4/c1-10(2)9-11(13(16)17)3-4-12(15)14-5-7-18-8-6-14/h10-11H,3-9H2,1-2H3,(H,16,17)/t11-/m0/s1. The Bertz CT molecular complexity index is 285. The van der Waals surface area contributed by atoms with Gasteiger partial charge in [0.05, 0.1) is 19.1 Å². The molecule has 1 aliphatic rings. The zero-order valence-corrected chi connectivity index (χ0v) is 11.2. The van der Waals surface area contributed by atoms with E-state index in [2.05, 4.69) is 0 Å². The molecule has 0 bridgehead atoms. The highest BCUT2D eigenvalue weighted by molar-refractivity contribution is 5.77. The molecule has 1 fully saturated rings. The lowest BCUT2D eigenvalue weighted by Crippen LogP contribution is -2.40. The number of nitrogens with zero attached hydrogens (tertiary/aromatic N) is 1. The minimum atomic E-state index is -0.793. The number of carbonyl (C=O) groups excluding carboxylic acids is 1. The fourth-order valence-electron chi connectivity index (χ4n) is 2.18. The van der Waals surface area contributed by atoms with Crippen LogP contribution in [0.15, 0.2) is 0 Å². The summed E-state index contributed by atoms with van der Waals surface area (Å²) in [5, 5.41) is 9.10. The van der Waals surface area contributed by atoms with Gasteiger partial charge in [0.2, 0.25) is 5.91 Å². The molecule has 1 saturated heterocycles. The second-order valence-corrected chi connectivity index (χ2v) is 5.20. The van der Waals surface area contributed by atoms with Crippen molar-refractivity contribution in [2.24, 2.45) is 11.8 Å². The van der Waals surface area contributed by atoms with Gasteiger partial charge in [0.1, 0.15) is 0 Å². The van der Waals surface area contributed by atoms with Crippen molar-refractivity contribution in [3.8, 4) is 0 Å². The van der Waals surface area contributed by atoms with E-state index in [1.807, 2.05) is 13.8 Å². The maximum Gasteiger partial charge on any atom is 0.306 e. The van der Waals surface area contributed by atoms with Gasteiger partial charge in [-0.1, -0.05) is 13.8 Å². The van der Waals surface area contributed by atoms with Crippen molar-refractivity contribution >= 4 is 11.9 Å². The number of carbonyl (C=O) groups is 2. The molecule has 1 aliphatic heterocycles. The Morgan fingerprint density at radius 2 is 1.89 bits per heavy atom. The first-order valence-electron chi connectivity index (χ1n) is 6.59. The fraction of sp³-hybridized carbons (Fsp3) is 0.846. The summed E-state index contributed by atoms with van der Waals surface area (Å²) >= 11 is 0. The Hall–Kier alpha value is -1.10. The zero-order chi connectivity index (χ0) is 13.5. The molecule has 1 N–H and O–H groups in total. The molecule has 0 aromatic rings. The number of morpholine rings is 1. The first-order valence-corrected chi connectivity index (χ1v) is 6.59. The Morgan fingerprint density at radius 1 is 1.28 bits per heavy atom. The van der Waals surface area contributed by atoms with Crippen molar-refractivity contribution < 1.29 is 19.4 Å². The number of rotatable bonds is 6. The second kappa shape index (κ2) is 7.36. The van der Waals surface area contributed by atoms with Crippen LogP contribution in [-0.4, -0.2) is 48.2 Å². The number of ether oxygens (including phenoxy) is 1. The smallest absolute Gasteiger partial charge is 0.306 e. The van der Waals surface area contributed by atoms with E-state index in [4.69, 9.17) is 9.84 Å². The van der Waals surface area contributed by atoms with Crippen LogP contribution in [0, 0.1) is 11.8 Å². The lowest BCUT2D eigenvalue weighted by atomic mass is 9.93. The maximum absolute atomic E-state index is 11.9. The highest BCUT2D eigenvalue weighted by atomic mass is 16.5. The Morgan fingerprint density at radius 3 is 2.39 bits per heavy atom. The van der Waals surface area contributed by atoms with E-state index in [1.165, 1.54) is 0 Å². The quantitative estimate of drug-likeness (QED) is 0.780. The normalized spacial score (nSPS) is 17.8. The van der Waals surface area contributed by atoms with E-state index in [1.54, 1.807) is 4.90 Å². The molecule has 18 heavy (non-hydrogen) atoms. The Balaban J connectivity index is 2.36. The lowest BCUT2D eigenvalue weighted by Gasteiger charge is -2.27. The molecular weight excluding hydrogens is 234 g/mol. The largest absolute Gasteiger partial charge is 0.481 e. The molecule has 0 radical (unpaired) electrons. The van der Waals surface area contributed by atoms with Crippen molar-refractivity contribution in [1.82, 2.24) is 4.90 Å². The second-order valence-electron chi connectivity index (χ2n) is 5.20. The van der Waals surface area contributed by atoms with Gasteiger partial charge in [0, 0.05) is 19.5 Å². The van der Waals surface area contributed by atoms with Crippen molar-refractivity contribution in [2.75, 3.05) is 26.3 Å². The molecular formula is C13H23NO4. The van der Waals surface area contributed by atoms with Gasteiger partial charge in [0.25, 0.3) is 0 Å². The van der Waals surface area contributed by atoms with Gasteiger partial charge in [0.15, 0.2) is 0 Å². The van der Waals surface area contributed by atoms with Crippen LogP contribution in [0.4, 0.5) is 0 Å². The van der Waals surface area contributed by atoms with E-state index in [-0.39, 0.29) is 5.91 Å². The highest BCUT2D eigenvalue weighted by Crippen LogP contribution is 2.18. The highest BCUT2D eigenvalue weighted by Gasteiger charge is 2.22. The van der Waals surface area contributed by atoms with Gasteiger partial charge in [-0.05, 0) is 18.8 Å². The van der Waals surface area contributed by atoms with Gasteiger partial charge in [-0.15, -0.1) is 0 Å². The van der Waals surface area contributed by atoms with E-state index >= 15 is 0 Å². The number of hydrogen-bond acceptors (Lipinski definition) is 3. The maximum atomic E-state index is 11.9. The third-order valence-corrected chi connectivity index (χ3v) is 3.18. The van der Waals surface area contributed by atoms with E-state index in [9.17, 15) is 9.59 Å². The average molecular weight is 257 g/mol. The molecule has 104 valence electrons. The molecule has 5 heteroatoms. The van der Waals surface area contributed by atoms with Crippen molar-refractivity contribution in [1.29, 1.82) is 0 Å². The summed E-state index contributed by atoms with van der Waals surface area (Å²) in [6.45, 7) is 6.42. The van der Waals surface area contributed by atoms with Crippen LogP contribution < -0.4 is 0 Å². The topological polar surface area (TPSA) is 66.8 Å². The predicted molar refractivity (Wildman–Crippen MR) is 67.2 cm³/mol. The molecule has 1 amide bonds. The first kappa shape index (κ1) is 15.0. The summed E-state index contributed by atoms with van der Waals surface area (Å²) in [6, 6.07) is 0. The first-order chi connectivity index (χ1) is 8.50. The molecule has 0 aromatic heterocycles. The van der Waals surface area contributed by atoms with Crippen LogP contribution >= 0.6 is 0 Å². The summed E-state index contributed by atoms with van der Waals surface area (Å²) < 4.78 is 5.18. The van der Waals surface area contributed by atoms with Gasteiger partial charge in [-0.2, -0.15) is 0 Å². The van der Waals surface area contributed by atoms with Crippen molar-refractivity contribution in [2.45, 2.75) is 33.1 Å². The number of carboxylic acids is 1. The van der Waals surface area contributed by atoms with Crippen molar-refractivity contribution in [3.63, 3.8) is 0 Å². The van der Waals surface area contributed by atoms with E-state index < -0.39 is 11.9 Å². The number of hydrogen-bond donors (Lipinski definition) is 1. The number of aliphatic carboxylic acids is 1. The van der Waals surface area contributed by atoms with Crippen LogP contribution in [0.3, 0.4) is 0 Å². The fourth-order valence-corrected chi connectivity index (χ4v) is 2.18. The number of amides is 1. The van der Waals surface area contributed by atoms with E-state index in [0.29, 0.717) is 51.5 Å². The van der Waals surface area contributed by atoms with Gasteiger partial charge >= 0.3 is 5.97 Å². The monoisotopic (exact) mass is 257 g/mol. The summed E-state index contributed by atoms with van der Waals surface area (Å²) in [5.74, 6) is -0.814. The molecule has 0 aliphatic carbocycles. The van der Waals surface area contributed by atoms with Crippen molar-refractivity contribution in [3.05, 3.63) is 0 Å². The minimum absolute atomic E-state index is 0.0494. The number of carboxylic acid groups (broad SMARTS) is 1. The predicted octanol–water partition coefficient (Wildman–Crippen LogP) is 1.37. The van der Waals surface area contributed by atoms with Gasteiger partial charge in [-0.3, -0.25) is 9.59 Å². The summed E-state index contributed by atoms with van der Waals surface area (Å²) in [7, 11) is 0. The Kier molecular flexibility index (Phi) is 6.12. The molecule has 1 heterocycles. The third kappa shape index (κ3) is 5.04. The molecule has 0 saturated carbocycles. The van der Waals surface area contributed by atoms with Crippen LogP contribution in [0.2, 0.25) is 0 Å². The third-order valence-electron chi connectivity index (χ3n) is 3.18. The van der Waals surface area contributed by atoms with Gasteiger partial charge < -0.3 is 14.7 Å². The summed E-state index contributed by atoms with van der Waals surface area (Å²) in [6.07, 6.45) is 1.39. The molecule has 0 spiro atoms. The van der Waals surface area contributed by atoms with Crippen LogP contribution in [0.1, 0.15) is 33.1 Å². The Labute approximate surface area is 108 Å². The summed E-state index contributed by atoms with van der Waals surface area (Å²) in [4.78, 5) is 24.7. The minimum Gasteiger partial charge on any atom is -0.481 e. The zero-order valence-electron chi connectivity index (χ0n) is 11.2. The van der Waals surface area contributed by atoms with E-state index in [0.717, 1.165) is 0 Å². The SMILES string of the molecule is CC(C)C[C@H](CCC(=O)N1CCOCC1)C(=O)O. The lowest BCUT2D eigenvalue weighted by molar-refractivity contribution is -0.143. The average Bonchev–Trinajstić information content (AvgIpc) is 2.34. The van der Waals surface area contributed by atoms with Crippen LogP contribution in [0.25, 0.3) is 0 Å². The molecule has 0 aromatic carbocycles. The van der Waals surface area contributed by atoms with Crippen LogP contribution in [-0.2, 0) is 14.3 Å². The molecule has 1 atom stereocenters. The van der Waals surface area contributed by atoms with Crippen LogP contribution in [0.5, 0.6) is 0 Å². The molecule has 1 rings (SSSR count). The summed E-state index contributed by atoms with van der Waals surface area (Å²) in [5.41, 5.74) is 0. The molecule has 0 unspecified atom stereocenters. The molecule has 5 nitrogen and oxygen atoms in total.